The van der Waals surface area contributed by atoms with Crippen LogP contribution in [-0.4, -0.2) is 11.5 Å². The van der Waals surface area contributed by atoms with Crippen molar-refractivity contribution < 1.29 is 0 Å². The first kappa shape index (κ1) is 13.2. The molecule has 2 nitrogen and oxygen atoms in total. The van der Waals surface area contributed by atoms with Crippen molar-refractivity contribution in [3.8, 4) is 0 Å². The van der Waals surface area contributed by atoms with Crippen LogP contribution in [0.15, 0.2) is 35.8 Å². The van der Waals surface area contributed by atoms with E-state index in [4.69, 9.17) is 0 Å². The summed E-state index contributed by atoms with van der Waals surface area (Å²) in [7, 11) is 0. The zero-order valence-electron chi connectivity index (χ0n) is 11.0. The third-order valence-corrected chi connectivity index (χ3v) is 4.07. The minimum absolute atomic E-state index is 0.389. The molecule has 1 N–H and O–H groups in total. The smallest absolute Gasteiger partial charge is 0.0798 e. The van der Waals surface area contributed by atoms with Gasteiger partial charge in [-0.3, -0.25) is 0 Å². The van der Waals surface area contributed by atoms with E-state index in [1.807, 2.05) is 5.51 Å². The Morgan fingerprint density at radius 2 is 2.06 bits per heavy atom. The van der Waals surface area contributed by atoms with E-state index in [1.54, 1.807) is 11.3 Å². The Bertz CT molecular complexity index is 464. The molecule has 2 rings (SSSR count). The van der Waals surface area contributed by atoms with Gasteiger partial charge in [0.05, 0.1) is 11.2 Å². The Kier molecular flexibility index (Phi) is 4.90. The van der Waals surface area contributed by atoms with Crippen LogP contribution in [-0.2, 0) is 6.42 Å². The number of aryl methyl sites for hydroxylation is 1. The first-order valence-corrected chi connectivity index (χ1v) is 7.36. The highest BCUT2D eigenvalue weighted by atomic mass is 32.1. The summed E-state index contributed by atoms with van der Waals surface area (Å²) in [6.45, 7) is 5.35. The van der Waals surface area contributed by atoms with Crippen LogP contribution < -0.4 is 5.32 Å². The van der Waals surface area contributed by atoms with Crippen molar-refractivity contribution in [1.29, 1.82) is 0 Å². The molecular formula is C15H20N2S. The molecular weight excluding hydrogens is 240 g/mol. The van der Waals surface area contributed by atoms with Crippen molar-refractivity contribution in [3.05, 3.63) is 52.0 Å². The van der Waals surface area contributed by atoms with E-state index < -0.39 is 0 Å². The van der Waals surface area contributed by atoms with Crippen molar-refractivity contribution in [3.63, 3.8) is 0 Å². The van der Waals surface area contributed by atoms with Crippen molar-refractivity contribution in [1.82, 2.24) is 10.3 Å². The van der Waals surface area contributed by atoms with Crippen LogP contribution in [0.4, 0.5) is 0 Å². The van der Waals surface area contributed by atoms with Crippen molar-refractivity contribution >= 4 is 11.3 Å². The van der Waals surface area contributed by atoms with E-state index in [2.05, 4.69) is 54.5 Å². The normalized spacial score (nSPS) is 12.6. The van der Waals surface area contributed by atoms with Crippen molar-refractivity contribution in [2.24, 2.45) is 0 Å². The van der Waals surface area contributed by atoms with Gasteiger partial charge in [0.15, 0.2) is 0 Å². The van der Waals surface area contributed by atoms with E-state index in [9.17, 15) is 0 Å². The maximum absolute atomic E-state index is 4.37. The molecule has 3 heteroatoms. The average molecular weight is 260 g/mol. The predicted molar refractivity (Wildman–Crippen MR) is 78.0 cm³/mol. The lowest BCUT2D eigenvalue weighted by molar-refractivity contribution is 0.534. The SMILES string of the molecule is CCCNC(Cc1ccccc1)c1scnc1C. The Balaban J connectivity index is 2.13. The van der Waals surface area contributed by atoms with Gasteiger partial charge in [-0.2, -0.15) is 0 Å². The van der Waals surface area contributed by atoms with E-state index in [0.29, 0.717) is 6.04 Å². The van der Waals surface area contributed by atoms with Crippen LogP contribution in [0, 0.1) is 6.92 Å². The number of hydrogen-bond donors (Lipinski definition) is 1. The Labute approximate surface area is 113 Å². The van der Waals surface area contributed by atoms with Crippen LogP contribution in [0.25, 0.3) is 0 Å². The second kappa shape index (κ2) is 6.66. The maximum atomic E-state index is 4.37. The third-order valence-electron chi connectivity index (χ3n) is 3.02. The minimum Gasteiger partial charge on any atom is -0.309 e. The molecule has 0 aliphatic rings. The Morgan fingerprint density at radius 1 is 1.28 bits per heavy atom. The highest BCUT2D eigenvalue weighted by molar-refractivity contribution is 7.09. The third kappa shape index (κ3) is 3.40. The van der Waals surface area contributed by atoms with Gasteiger partial charge in [0, 0.05) is 10.9 Å². The van der Waals surface area contributed by atoms with Crippen molar-refractivity contribution in [2.75, 3.05) is 6.54 Å². The fraction of sp³-hybridized carbons (Fsp3) is 0.400. The number of thiazole rings is 1. The summed E-state index contributed by atoms with van der Waals surface area (Å²) in [4.78, 5) is 5.73. The number of benzene rings is 1. The fourth-order valence-corrected chi connectivity index (χ4v) is 2.95. The molecule has 2 aromatic rings. The van der Waals surface area contributed by atoms with Crippen LogP contribution in [0.5, 0.6) is 0 Å². The second-order valence-corrected chi connectivity index (χ2v) is 5.38. The molecule has 1 aromatic carbocycles. The molecule has 0 amide bonds. The summed E-state index contributed by atoms with van der Waals surface area (Å²) in [6, 6.07) is 11.0. The number of nitrogens with zero attached hydrogens (tertiary/aromatic N) is 1. The molecule has 0 bridgehead atoms. The standard InChI is InChI=1S/C15H20N2S/c1-3-9-16-14(15-12(2)17-11-18-15)10-13-7-5-4-6-8-13/h4-8,11,14,16H,3,9-10H2,1-2H3. The summed E-state index contributed by atoms with van der Waals surface area (Å²) in [5, 5.41) is 3.63. The molecule has 0 aliphatic carbocycles. The lowest BCUT2D eigenvalue weighted by Crippen LogP contribution is -2.24. The number of hydrogen-bond acceptors (Lipinski definition) is 3. The summed E-state index contributed by atoms with van der Waals surface area (Å²) in [5.41, 5.74) is 4.47. The van der Waals surface area contributed by atoms with Gasteiger partial charge >= 0.3 is 0 Å². The Morgan fingerprint density at radius 3 is 2.67 bits per heavy atom. The van der Waals surface area contributed by atoms with Crippen LogP contribution >= 0.6 is 11.3 Å². The molecule has 1 unspecified atom stereocenters. The molecule has 0 saturated carbocycles. The van der Waals surface area contributed by atoms with Gasteiger partial charge in [-0.15, -0.1) is 11.3 Å². The van der Waals surface area contributed by atoms with Gasteiger partial charge in [0.2, 0.25) is 0 Å². The zero-order chi connectivity index (χ0) is 12.8. The van der Waals surface area contributed by atoms with Gasteiger partial charge in [-0.05, 0) is 31.9 Å². The summed E-state index contributed by atoms with van der Waals surface area (Å²) < 4.78 is 0. The maximum Gasteiger partial charge on any atom is 0.0798 e. The average Bonchev–Trinajstić information content (AvgIpc) is 2.82. The molecule has 0 aliphatic heterocycles. The summed E-state index contributed by atoms with van der Waals surface area (Å²) in [5.74, 6) is 0. The first-order chi connectivity index (χ1) is 8.81. The summed E-state index contributed by atoms with van der Waals surface area (Å²) in [6.07, 6.45) is 2.19. The predicted octanol–water partition coefficient (Wildman–Crippen LogP) is 3.73. The highest BCUT2D eigenvalue weighted by Crippen LogP contribution is 2.25. The van der Waals surface area contributed by atoms with Gasteiger partial charge in [0.1, 0.15) is 0 Å². The molecule has 18 heavy (non-hydrogen) atoms. The highest BCUT2D eigenvalue weighted by Gasteiger charge is 2.15. The topological polar surface area (TPSA) is 24.9 Å². The van der Waals surface area contributed by atoms with Gasteiger partial charge in [-0.1, -0.05) is 37.3 Å². The lowest BCUT2D eigenvalue weighted by Gasteiger charge is -2.18. The number of rotatable bonds is 6. The molecule has 0 radical (unpaired) electrons. The minimum atomic E-state index is 0.389. The number of aromatic nitrogens is 1. The molecule has 0 spiro atoms. The molecule has 1 heterocycles. The first-order valence-electron chi connectivity index (χ1n) is 6.48. The molecule has 96 valence electrons. The monoisotopic (exact) mass is 260 g/mol. The fourth-order valence-electron chi connectivity index (χ4n) is 2.07. The van der Waals surface area contributed by atoms with Crippen LogP contribution in [0.1, 0.15) is 35.5 Å². The lowest BCUT2D eigenvalue weighted by atomic mass is 10.0. The zero-order valence-corrected chi connectivity index (χ0v) is 11.8. The summed E-state index contributed by atoms with van der Waals surface area (Å²) >= 11 is 1.75. The van der Waals surface area contributed by atoms with Crippen molar-refractivity contribution in [2.45, 2.75) is 32.7 Å². The van der Waals surface area contributed by atoms with Crippen LogP contribution in [0.2, 0.25) is 0 Å². The molecule has 0 saturated heterocycles. The molecule has 1 aromatic heterocycles. The van der Waals surface area contributed by atoms with Gasteiger partial charge in [-0.25, -0.2) is 4.98 Å². The molecule has 0 fully saturated rings. The number of nitrogens with one attached hydrogen (secondary N) is 1. The Hall–Kier alpha value is -1.19. The van der Waals surface area contributed by atoms with E-state index in [-0.39, 0.29) is 0 Å². The molecule has 1 atom stereocenters. The van der Waals surface area contributed by atoms with Gasteiger partial charge in [0.25, 0.3) is 0 Å². The quantitative estimate of drug-likeness (QED) is 0.856. The van der Waals surface area contributed by atoms with Crippen LogP contribution in [0.3, 0.4) is 0 Å². The second-order valence-electron chi connectivity index (χ2n) is 4.50. The van der Waals surface area contributed by atoms with E-state index in [1.165, 1.54) is 10.4 Å². The largest absolute Gasteiger partial charge is 0.309 e. The van der Waals surface area contributed by atoms with Gasteiger partial charge < -0.3 is 5.32 Å². The van der Waals surface area contributed by atoms with E-state index in [0.717, 1.165) is 25.1 Å². The van der Waals surface area contributed by atoms with E-state index >= 15 is 0 Å².